The van der Waals surface area contributed by atoms with Crippen molar-refractivity contribution in [3.05, 3.63) is 64.0 Å². The SMILES string of the molecule is Cc1ccc(S(=O)(=O)CCc2ccncc2)cc1[N+](=O)[O-]. The second-order valence-electron chi connectivity index (χ2n) is 4.63. The van der Waals surface area contributed by atoms with E-state index in [-0.39, 0.29) is 16.3 Å². The van der Waals surface area contributed by atoms with Gasteiger partial charge in [0, 0.05) is 24.0 Å². The molecule has 0 aliphatic carbocycles. The topological polar surface area (TPSA) is 90.2 Å². The number of sulfone groups is 1. The van der Waals surface area contributed by atoms with E-state index in [1.807, 2.05) is 0 Å². The fourth-order valence-electron chi connectivity index (χ4n) is 1.90. The Morgan fingerprint density at radius 3 is 2.48 bits per heavy atom. The van der Waals surface area contributed by atoms with E-state index in [4.69, 9.17) is 0 Å². The molecule has 0 fully saturated rings. The van der Waals surface area contributed by atoms with Gasteiger partial charge in [-0.15, -0.1) is 0 Å². The highest BCUT2D eigenvalue weighted by atomic mass is 32.2. The molecule has 21 heavy (non-hydrogen) atoms. The Morgan fingerprint density at radius 2 is 1.86 bits per heavy atom. The second kappa shape index (κ2) is 6.01. The van der Waals surface area contributed by atoms with Crippen LogP contribution in [-0.4, -0.2) is 24.1 Å². The minimum atomic E-state index is -3.56. The molecule has 0 unspecified atom stereocenters. The van der Waals surface area contributed by atoms with Crippen LogP contribution in [0.5, 0.6) is 0 Å². The third-order valence-electron chi connectivity index (χ3n) is 3.15. The number of nitrogens with zero attached hydrogens (tertiary/aromatic N) is 2. The van der Waals surface area contributed by atoms with Gasteiger partial charge in [-0.25, -0.2) is 8.42 Å². The van der Waals surface area contributed by atoms with Crippen LogP contribution in [0.1, 0.15) is 11.1 Å². The lowest BCUT2D eigenvalue weighted by atomic mass is 10.2. The summed E-state index contributed by atoms with van der Waals surface area (Å²) in [7, 11) is -3.56. The predicted molar refractivity (Wildman–Crippen MR) is 77.8 cm³/mol. The summed E-state index contributed by atoms with van der Waals surface area (Å²) in [5.74, 6) is -0.1000. The molecule has 0 radical (unpaired) electrons. The van der Waals surface area contributed by atoms with Gasteiger partial charge in [0.1, 0.15) is 0 Å². The van der Waals surface area contributed by atoms with Crippen molar-refractivity contribution in [1.29, 1.82) is 0 Å². The van der Waals surface area contributed by atoms with Gasteiger partial charge in [-0.3, -0.25) is 15.1 Å². The third kappa shape index (κ3) is 3.63. The fourth-order valence-corrected chi connectivity index (χ4v) is 3.21. The van der Waals surface area contributed by atoms with E-state index in [0.29, 0.717) is 12.0 Å². The van der Waals surface area contributed by atoms with Crippen molar-refractivity contribution >= 4 is 15.5 Å². The normalized spacial score (nSPS) is 11.3. The van der Waals surface area contributed by atoms with Crippen LogP contribution < -0.4 is 0 Å². The molecule has 0 N–H and O–H groups in total. The largest absolute Gasteiger partial charge is 0.273 e. The minimum absolute atomic E-state index is 0.0196. The van der Waals surface area contributed by atoms with Crippen LogP contribution in [0, 0.1) is 17.0 Å². The van der Waals surface area contributed by atoms with Crippen molar-refractivity contribution in [3.63, 3.8) is 0 Å². The molecule has 0 spiro atoms. The summed E-state index contributed by atoms with van der Waals surface area (Å²) in [5.41, 5.74) is 1.11. The highest BCUT2D eigenvalue weighted by Gasteiger charge is 2.19. The van der Waals surface area contributed by atoms with Crippen molar-refractivity contribution in [2.75, 3.05) is 5.75 Å². The first-order valence-corrected chi connectivity index (χ1v) is 7.92. The Hall–Kier alpha value is -2.28. The maximum absolute atomic E-state index is 12.3. The third-order valence-corrected chi connectivity index (χ3v) is 4.86. The maximum atomic E-state index is 12.3. The van der Waals surface area contributed by atoms with E-state index in [2.05, 4.69) is 4.98 Å². The van der Waals surface area contributed by atoms with Crippen LogP contribution in [0.4, 0.5) is 5.69 Å². The Labute approximate surface area is 122 Å². The molecule has 6 nitrogen and oxygen atoms in total. The molecule has 0 amide bonds. The summed E-state index contributed by atoms with van der Waals surface area (Å²) in [5, 5.41) is 10.9. The molecule has 0 bridgehead atoms. The van der Waals surface area contributed by atoms with Crippen LogP contribution in [-0.2, 0) is 16.3 Å². The zero-order valence-electron chi connectivity index (χ0n) is 11.4. The van der Waals surface area contributed by atoms with Crippen molar-refractivity contribution in [2.24, 2.45) is 0 Å². The number of nitro groups is 1. The van der Waals surface area contributed by atoms with Gasteiger partial charge in [0.25, 0.3) is 5.69 Å². The number of hydrogen-bond donors (Lipinski definition) is 0. The first kappa shape index (κ1) is 15.1. The quantitative estimate of drug-likeness (QED) is 0.624. The molecule has 110 valence electrons. The summed E-state index contributed by atoms with van der Waals surface area (Å²) in [6, 6.07) is 7.47. The van der Waals surface area contributed by atoms with Crippen molar-refractivity contribution in [1.82, 2.24) is 4.98 Å². The lowest BCUT2D eigenvalue weighted by Gasteiger charge is -2.06. The Balaban J connectivity index is 2.24. The zero-order valence-corrected chi connectivity index (χ0v) is 12.2. The van der Waals surface area contributed by atoms with Crippen molar-refractivity contribution < 1.29 is 13.3 Å². The summed E-state index contributed by atoms with van der Waals surface area (Å²) < 4.78 is 24.5. The van der Waals surface area contributed by atoms with Gasteiger partial charge in [-0.1, -0.05) is 6.07 Å². The van der Waals surface area contributed by atoms with Gasteiger partial charge >= 0.3 is 0 Å². The first-order chi connectivity index (χ1) is 9.90. The Morgan fingerprint density at radius 1 is 1.19 bits per heavy atom. The molecule has 1 heterocycles. The van der Waals surface area contributed by atoms with Crippen LogP contribution >= 0.6 is 0 Å². The molecule has 1 aromatic carbocycles. The van der Waals surface area contributed by atoms with Crippen molar-refractivity contribution in [2.45, 2.75) is 18.2 Å². The molecular weight excluding hydrogens is 292 g/mol. The first-order valence-electron chi connectivity index (χ1n) is 6.27. The summed E-state index contributed by atoms with van der Waals surface area (Å²) in [4.78, 5) is 14.2. The van der Waals surface area contributed by atoms with E-state index in [9.17, 15) is 18.5 Å². The van der Waals surface area contributed by atoms with Gasteiger partial charge < -0.3 is 0 Å². The predicted octanol–water partition coefficient (Wildman–Crippen LogP) is 2.31. The highest BCUT2D eigenvalue weighted by molar-refractivity contribution is 7.91. The summed E-state index contributed by atoms with van der Waals surface area (Å²) in [6.07, 6.45) is 3.53. The average molecular weight is 306 g/mol. The molecule has 0 atom stereocenters. The lowest BCUT2D eigenvalue weighted by molar-refractivity contribution is -0.385. The monoisotopic (exact) mass is 306 g/mol. The van der Waals surface area contributed by atoms with Gasteiger partial charge in [-0.2, -0.15) is 0 Å². The van der Waals surface area contributed by atoms with Crippen molar-refractivity contribution in [3.8, 4) is 0 Å². The van der Waals surface area contributed by atoms with Crippen LogP contribution in [0.15, 0.2) is 47.6 Å². The number of pyridine rings is 1. The van der Waals surface area contributed by atoms with E-state index in [1.54, 1.807) is 31.5 Å². The average Bonchev–Trinajstić information content (AvgIpc) is 2.46. The van der Waals surface area contributed by atoms with Gasteiger partial charge in [0.2, 0.25) is 0 Å². The van der Waals surface area contributed by atoms with Gasteiger partial charge in [-0.05, 0) is 37.1 Å². The number of aryl methyl sites for hydroxylation is 2. The minimum Gasteiger partial charge on any atom is -0.265 e. The second-order valence-corrected chi connectivity index (χ2v) is 6.74. The molecule has 2 aromatic rings. The standard InChI is InChI=1S/C14H14N2O4S/c1-11-2-3-13(10-14(11)16(17)18)21(19,20)9-6-12-4-7-15-8-5-12/h2-5,7-8,10H,6,9H2,1H3. The Bertz CT molecular complexity index is 758. The van der Waals surface area contributed by atoms with E-state index >= 15 is 0 Å². The summed E-state index contributed by atoms with van der Waals surface area (Å²) >= 11 is 0. The molecule has 2 rings (SSSR count). The number of benzene rings is 1. The molecule has 0 aliphatic rings. The molecule has 0 saturated carbocycles. The lowest BCUT2D eigenvalue weighted by Crippen LogP contribution is -2.10. The van der Waals surface area contributed by atoms with Gasteiger partial charge in [0.15, 0.2) is 9.84 Å². The molecule has 1 aromatic heterocycles. The summed E-state index contributed by atoms with van der Waals surface area (Å²) in [6.45, 7) is 1.57. The number of aromatic nitrogens is 1. The van der Waals surface area contributed by atoms with Gasteiger partial charge in [0.05, 0.1) is 15.6 Å². The molecular formula is C14H14N2O4S. The fraction of sp³-hybridized carbons (Fsp3) is 0.214. The number of rotatable bonds is 5. The molecule has 0 aliphatic heterocycles. The highest BCUT2D eigenvalue weighted by Crippen LogP contribution is 2.23. The van der Waals surface area contributed by atoms with E-state index < -0.39 is 14.8 Å². The zero-order chi connectivity index (χ0) is 15.5. The molecule has 0 saturated heterocycles. The van der Waals surface area contributed by atoms with Crippen LogP contribution in [0.3, 0.4) is 0 Å². The van der Waals surface area contributed by atoms with E-state index in [0.717, 1.165) is 11.6 Å². The Kier molecular flexibility index (Phi) is 4.32. The van der Waals surface area contributed by atoms with E-state index in [1.165, 1.54) is 12.1 Å². The number of hydrogen-bond acceptors (Lipinski definition) is 5. The smallest absolute Gasteiger partial charge is 0.265 e. The maximum Gasteiger partial charge on any atom is 0.273 e. The van der Waals surface area contributed by atoms with Crippen LogP contribution in [0.2, 0.25) is 0 Å². The van der Waals surface area contributed by atoms with Crippen LogP contribution in [0.25, 0.3) is 0 Å². The number of nitro benzene ring substituents is 1. The molecule has 7 heteroatoms.